The molecule has 1 saturated heterocycles. The molecule has 0 bridgehead atoms. The van der Waals surface area contributed by atoms with Crippen molar-refractivity contribution in [3.8, 4) is 11.1 Å². The molecular formula is C23H24N4O3S. The van der Waals surface area contributed by atoms with E-state index >= 15 is 0 Å². The van der Waals surface area contributed by atoms with Gasteiger partial charge in [-0.15, -0.1) is 0 Å². The fourth-order valence-electron chi connectivity index (χ4n) is 4.06. The van der Waals surface area contributed by atoms with Crippen molar-refractivity contribution in [1.82, 2.24) is 20.4 Å². The Bertz CT molecular complexity index is 1100. The maximum Gasteiger partial charge on any atom is 0.274 e. The topological polar surface area (TPSA) is 95.2 Å². The lowest BCUT2D eigenvalue weighted by Crippen LogP contribution is -2.45. The average Bonchev–Trinajstić information content (AvgIpc) is 3.46. The molecule has 160 valence electrons. The van der Waals surface area contributed by atoms with Crippen molar-refractivity contribution in [1.29, 1.82) is 0 Å². The minimum atomic E-state index is -0.697. The Labute approximate surface area is 184 Å². The fourth-order valence-corrected chi connectivity index (χ4v) is 4.73. The average molecular weight is 437 g/mol. The number of nitrogens with one attached hydrogen (secondary N) is 2. The minimum absolute atomic E-state index is 0.0401. The van der Waals surface area contributed by atoms with Gasteiger partial charge in [0, 0.05) is 25.7 Å². The van der Waals surface area contributed by atoms with E-state index in [-0.39, 0.29) is 23.1 Å². The Morgan fingerprint density at radius 2 is 1.97 bits per heavy atom. The summed E-state index contributed by atoms with van der Waals surface area (Å²) in [5, 5.41) is 13.2. The SMILES string of the molecule is CCNC(=O)[C@]1(Cc2ccc(-c3ccsc3)cc2)CCN(C(=O)c2ccc(=O)[nH]n2)C1. The smallest absolute Gasteiger partial charge is 0.274 e. The molecule has 1 aromatic carbocycles. The predicted molar refractivity (Wildman–Crippen MR) is 120 cm³/mol. The normalized spacial score (nSPS) is 18.2. The minimum Gasteiger partial charge on any atom is -0.356 e. The molecule has 2 aromatic heterocycles. The zero-order chi connectivity index (χ0) is 21.8. The molecule has 7 nitrogen and oxygen atoms in total. The van der Waals surface area contributed by atoms with Gasteiger partial charge < -0.3 is 10.2 Å². The van der Waals surface area contributed by atoms with Crippen molar-refractivity contribution < 1.29 is 9.59 Å². The fraction of sp³-hybridized carbons (Fsp3) is 0.304. The van der Waals surface area contributed by atoms with Crippen molar-refractivity contribution in [3.05, 3.63) is 74.8 Å². The Morgan fingerprint density at radius 1 is 1.16 bits per heavy atom. The first-order chi connectivity index (χ1) is 15.0. The lowest BCUT2D eigenvalue weighted by molar-refractivity contribution is -0.130. The second-order valence-corrected chi connectivity index (χ2v) is 8.59. The van der Waals surface area contributed by atoms with Crippen LogP contribution in [0, 0.1) is 5.41 Å². The van der Waals surface area contributed by atoms with Crippen LogP contribution in [0.2, 0.25) is 0 Å². The van der Waals surface area contributed by atoms with Crippen LogP contribution in [0.25, 0.3) is 11.1 Å². The van der Waals surface area contributed by atoms with Crippen LogP contribution in [0.5, 0.6) is 0 Å². The van der Waals surface area contributed by atoms with Crippen LogP contribution < -0.4 is 10.9 Å². The van der Waals surface area contributed by atoms with E-state index in [0.29, 0.717) is 32.5 Å². The number of aromatic nitrogens is 2. The third-order valence-corrected chi connectivity index (χ3v) is 6.39. The van der Waals surface area contributed by atoms with Gasteiger partial charge in [-0.1, -0.05) is 24.3 Å². The number of hydrogen-bond acceptors (Lipinski definition) is 5. The van der Waals surface area contributed by atoms with Crippen LogP contribution in [-0.2, 0) is 11.2 Å². The molecule has 1 fully saturated rings. The molecule has 4 rings (SSSR count). The third kappa shape index (κ3) is 4.44. The number of aromatic amines is 1. The number of thiophene rings is 1. The van der Waals surface area contributed by atoms with Crippen LogP contribution in [0.4, 0.5) is 0 Å². The summed E-state index contributed by atoms with van der Waals surface area (Å²) >= 11 is 1.66. The zero-order valence-electron chi connectivity index (χ0n) is 17.3. The molecule has 0 aliphatic carbocycles. The van der Waals surface area contributed by atoms with E-state index in [0.717, 1.165) is 11.1 Å². The summed E-state index contributed by atoms with van der Waals surface area (Å²) in [6.07, 6.45) is 1.12. The van der Waals surface area contributed by atoms with Gasteiger partial charge >= 0.3 is 0 Å². The van der Waals surface area contributed by atoms with E-state index in [1.54, 1.807) is 16.2 Å². The van der Waals surface area contributed by atoms with Gasteiger partial charge in [-0.05, 0) is 59.3 Å². The number of carbonyl (C=O) groups is 2. The van der Waals surface area contributed by atoms with Gasteiger partial charge in [-0.25, -0.2) is 5.10 Å². The van der Waals surface area contributed by atoms with Crippen LogP contribution in [0.1, 0.15) is 29.4 Å². The molecule has 0 saturated carbocycles. The molecule has 3 aromatic rings. The first kappa shape index (κ1) is 21.0. The van der Waals surface area contributed by atoms with E-state index in [1.807, 2.05) is 6.92 Å². The first-order valence-corrected chi connectivity index (χ1v) is 11.2. The number of likely N-dealkylation sites (tertiary alicyclic amines) is 1. The summed E-state index contributed by atoms with van der Waals surface area (Å²) in [6, 6.07) is 13.0. The quantitative estimate of drug-likeness (QED) is 0.621. The van der Waals surface area contributed by atoms with Gasteiger partial charge in [-0.2, -0.15) is 16.4 Å². The van der Waals surface area contributed by atoms with E-state index in [9.17, 15) is 14.4 Å². The summed E-state index contributed by atoms with van der Waals surface area (Å²) in [5.41, 5.74) is 2.50. The van der Waals surface area contributed by atoms with Crippen LogP contribution >= 0.6 is 11.3 Å². The predicted octanol–water partition coefficient (Wildman–Crippen LogP) is 2.71. The highest BCUT2D eigenvalue weighted by atomic mass is 32.1. The van der Waals surface area contributed by atoms with Crippen molar-refractivity contribution >= 4 is 23.2 Å². The molecule has 1 aliphatic heterocycles. The molecule has 8 heteroatoms. The van der Waals surface area contributed by atoms with Gasteiger partial charge in [0.2, 0.25) is 5.91 Å². The van der Waals surface area contributed by atoms with E-state index in [2.05, 4.69) is 56.6 Å². The summed E-state index contributed by atoms with van der Waals surface area (Å²) in [7, 11) is 0. The largest absolute Gasteiger partial charge is 0.356 e. The van der Waals surface area contributed by atoms with Gasteiger partial charge in [0.1, 0.15) is 5.69 Å². The number of amides is 2. The second-order valence-electron chi connectivity index (χ2n) is 7.81. The molecule has 0 radical (unpaired) electrons. The van der Waals surface area contributed by atoms with Crippen LogP contribution in [0.3, 0.4) is 0 Å². The first-order valence-electron chi connectivity index (χ1n) is 10.3. The highest BCUT2D eigenvalue weighted by molar-refractivity contribution is 7.08. The molecular weight excluding hydrogens is 412 g/mol. The molecule has 0 unspecified atom stereocenters. The summed E-state index contributed by atoms with van der Waals surface area (Å²) < 4.78 is 0. The van der Waals surface area contributed by atoms with Crippen molar-refractivity contribution in [2.75, 3.05) is 19.6 Å². The number of nitrogens with zero attached hydrogens (tertiary/aromatic N) is 2. The van der Waals surface area contributed by atoms with E-state index in [1.165, 1.54) is 17.7 Å². The summed E-state index contributed by atoms with van der Waals surface area (Å²) in [4.78, 5) is 38.8. The molecule has 3 heterocycles. The monoisotopic (exact) mass is 436 g/mol. The standard InChI is InChI=1S/C23H24N4O3S/c1-2-24-22(30)23(13-16-3-5-17(6-4-16)18-9-12-31-14-18)10-11-27(15-23)21(29)19-7-8-20(28)26-25-19/h3-9,12,14H,2,10-11,13,15H2,1H3,(H,24,30)(H,26,28)/t23-/m0/s1. The molecule has 1 atom stereocenters. The van der Waals surface area contributed by atoms with Crippen molar-refractivity contribution in [2.24, 2.45) is 5.41 Å². The second kappa shape index (κ2) is 8.85. The number of benzene rings is 1. The Kier molecular flexibility index (Phi) is 5.99. The molecule has 0 spiro atoms. The summed E-state index contributed by atoms with van der Waals surface area (Å²) in [6.45, 7) is 3.20. The maximum absolute atomic E-state index is 13.1. The molecule has 31 heavy (non-hydrogen) atoms. The third-order valence-electron chi connectivity index (χ3n) is 5.71. The number of carbonyl (C=O) groups excluding carboxylic acids is 2. The molecule has 2 N–H and O–H groups in total. The van der Waals surface area contributed by atoms with Crippen molar-refractivity contribution in [2.45, 2.75) is 19.8 Å². The number of hydrogen-bond donors (Lipinski definition) is 2. The molecule has 1 aliphatic rings. The highest BCUT2D eigenvalue weighted by Gasteiger charge is 2.46. The summed E-state index contributed by atoms with van der Waals surface area (Å²) in [5.74, 6) is -0.322. The number of H-pyrrole nitrogens is 1. The van der Waals surface area contributed by atoms with Crippen molar-refractivity contribution in [3.63, 3.8) is 0 Å². The highest BCUT2D eigenvalue weighted by Crippen LogP contribution is 2.36. The van der Waals surface area contributed by atoms with Gasteiger partial charge in [0.25, 0.3) is 11.5 Å². The van der Waals surface area contributed by atoms with Crippen LogP contribution in [-0.4, -0.2) is 46.5 Å². The molecule has 2 amide bonds. The zero-order valence-corrected chi connectivity index (χ0v) is 18.1. The lowest BCUT2D eigenvalue weighted by atomic mass is 9.79. The van der Waals surface area contributed by atoms with Gasteiger partial charge in [0.15, 0.2) is 0 Å². The Morgan fingerprint density at radius 3 is 2.61 bits per heavy atom. The Balaban J connectivity index is 1.55. The van der Waals surface area contributed by atoms with Gasteiger partial charge in [-0.3, -0.25) is 14.4 Å². The van der Waals surface area contributed by atoms with Gasteiger partial charge in [0.05, 0.1) is 5.41 Å². The Hall–Kier alpha value is -3.26. The van der Waals surface area contributed by atoms with E-state index in [4.69, 9.17) is 0 Å². The van der Waals surface area contributed by atoms with E-state index < -0.39 is 5.41 Å². The lowest BCUT2D eigenvalue weighted by Gasteiger charge is -2.28. The maximum atomic E-state index is 13.1. The van der Waals surface area contributed by atoms with Crippen LogP contribution in [0.15, 0.2) is 58.0 Å². The number of rotatable bonds is 6.